The van der Waals surface area contributed by atoms with E-state index in [-0.39, 0.29) is 12.0 Å². The molecule has 2 N–H and O–H groups in total. The van der Waals surface area contributed by atoms with E-state index >= 15 is 0 Å². The Bertz CT molecular complexity index is 324. The molecule has 0 aliphatic heterocycles. The fraction of sp³-hybridized carbons (Fsp3) is 0.833. The Hall–Kier alpha value is -0.900. The van der Waals surface area contributed by atoms with Crippen LogP contribution in [-0.2, 0) is 6.42 Å². The number of rotatable bonds is 4. The van der Waals surface area contributed by atoms with E-state index < -0.39 is 0 Å². The van der Waals surface area contributed by atoms with Gasteiger partial charge in [-0.05, 0) is 19.3 Å². The van der Waals surface area contributed by atoms with Gasteiger partial charge in [-0.25, -0.2) is 0 Å². The highest BCUT2D eigenvalue weighted by molar-refractivity contribution is 5.00. The molecule has 0 amide bonds. The first-order valence-electron chi connectivity index (χ1n) is 6.39. The van der Waals surface area contributed by atoms with Crippen molar-refractivity contribution in [3.63, 3.8) is 0 Å². The van der Waals surface area contributed by atoms with Crippen molar-refractivity contribution in [1.29, 1.82) is 0 Å². The van der Waals surface area contributed by atoms with Gasteiger partial charge in [-0.2, -0.15) is 4.98 Å². The van der Waals surface area contributed by atoms with Crippen LogP contribution in [0.15, 0.2) is 4.52 Å². The molecule has 0 aromatic carbocycles. The van der Waals surface area contributed by atoms with Crippen molar-refractivity contribution in [2.75, 3.05) is 0 Å². The monoisotopic (exact) mass is 223 g/mol. The van der Waals surface area contributed by atoms with Crippen LogP contribution < -0.4 is 5.73 Å². The third-order valence-corrected chi connectivity index (χ3v) is 3.37. The van der Waals surface area contributed by atoms with Gasteiger partial charge in [0, 0.05) is 12.5 Å². The first-order chi connectivity index (χ1) is 7.81. The van der Waals surface area contributed by atoms with Crippen LogP contribution in [0, 0.1) is 0 Å². The lowest BCUT2D eigenvalue weighted by molar-refractivity contribution is 0.289. The Kier molecular flexibility index (Phi) is 3.93. The van der Waals surface area contributed by atoms with E-state index in [4.69, 9.17) is 10.3 Å². The van der Waals surface area contributed by atoms with Gasteiger partial charge >= 0.3 is 0 Å². The molecular weight excluding hydrogens is 202 g/mol. The van der Waals surface area contributed by atoms with Gasteiger partial charge in [0.1, 0.15) is 0 Å². The molecule has 90 valence electrons. The number of unbranched alkanes of at least 4 members (excludes halogenated alkanes) is 1. The summed E-state index contributed by atoms with van der Waals surface area (Å²) in [4.78, 5) is 4.46. The second-order valence-corrected chi connectivity index (χ2v) is 4.71. The van der Waals surface area contributed by atoms with Gasteiger partial charge in [-0.1, -0.05) is 31.3 Å². The second-order valence-electron chi connectivity index (χ2n) is 4.71. The first-order valence-corrected chi connectivity index (χ1v) is 6.39. The highest BCUT2D eigenvalue weighted by Crippen LogP contribution is 2.30. The smallest absolute Gasteiger partial charge is 0.231 e. The van der Waals surface area contributed by atoms with E-state index in [1.54, 1.807) is 0 Å². The molecule has 1 fully saturated rings. The van der Waals surface area contributed by atoms with Crippen LogP contribution in [0.25, 0.3) is 0 Å². The van der Waals surface area contributed by atoms with Crippen molar-refractivity contribution in [2.24, 2.45) is 5.73 Å². The van der Waals surface area contributed by atoms with Crippen LogP contribution in [0.4, 0.5) is 0 Å². The van der Waals surface area contributed by atoms with Crippen LogP contribution in [0.3, 0.4) is 0 Å². The highest BCUT2D eigenvalue weighted by Gasteiger charge is 2.28. The minimum Gasteiger partial charge on any atom is -0.339 e. The Balaban J connectivity index is 1.99. The molecule has 2 atom stereocenters. The topological polar surface area (TPSA) is 64.9 Å². The van der Waals surface area contributed by atoms with Crippen molar-refractivity contribution in [3.05, 3.63) is 11.7 Å². The molecule has 1 saturated carbocycles. The summed E-state index contributed by atoms with van der Waals surface area (Å²) in [6.45, 7) is 2.16. The fourth-order valence-corrected chi connectivity index (χ4v) is 2.32. The molecule has 0 saturated heterocycles. The molecule has 0 radical (unpaired) electrons. The molecule has 1 heterocycles. The van der Waals surface area contributed by atoms with Crippen molar-refractivity contribution >= 4 is 0 Å². The summed E-state index contributed by atoms with van der Waals surface area (Å²) in [6, 6.07) is 0.202. The minimum atomic E-state index is 0.202. The normalized spacial score (nSPS) is 25.9. The SMILES string of the molecule is CCCCc1noc(C2CCCCC2N)n1. The third-order valence-electron chi connectivity index (χ3n) is 3.37. The maximum atomic E-state index is 6.09. The van der Waals surface area contributed by atoms with Crippen molar-refractivity contribution in [2.45, 2.75) is 63.8 Å². The van der Waals surface area contributed by atoms with E-state index in [1.807, 2.05) is 0 Å². The predicted octanol–water partition coefficient (Wildman–Crippen LogP) is 2.40. The average Bonchev–Trinajstić information content (AvgIpc) is 2.75. The van der Waals surface area contributed by atoms with Gasteiger partial charge in [0.15, 0.2) is 5.82 Å². The average molecular weight is 223 g/mol. The van der Waals surface area contributed by atoms with E-state index in [9.17, 15) is 0 Å². The van der Waals surface area contributed by atoms with Gasteiger partial charge in [-0.3, -0.25) is 0 Å². The van der Waals surface area contributed by atoms with Gasteiger partial charge in [0.2, 0.25) is 5.89 Å². The van der Waals surface area contributed by atoms with Crippen molar-refractivity contribution in [1.82, 2.24) is 10.1 Å². The first kappa shape index (κ1) is 11.6. The zero-order valence-corrected chi connectivity index (χ0v) is 9.98. The van der Waals surface area contributed by atoms with E-state index in [0.717, 1.165) is 43.8 Å². The summed E-state index contributed by atoms with van der Waals surface area (Å²) in [6.07, 6.45) is 7.83. The molecule has 1 aromatic rings. The van der Waals surface area contributed by atoms with E-state index in [1.165, 1.54) is 12.8 Å². The summed E-state index contributed by atoms with van der Waals surface area (Å²) >= 11 is 0. The van der Waals surface area contributed by atoms with Crippen LogP contribution in [0.2, 0.25) is 0 Å². The zero-order valence-electron chi connectivity index (χ0n) is 9.98. The van der Waals surface area contributed by atoms with Gasteiger partial charge in [0.05, 0.1) is 5.92 Å². The molecular formula is C12H21N3O. The van der Waals surface area contributed by atoms with Crippen LogP contribution in [-0.4, -0.2) is 16.2 Å². The largest absolute Gasteiger partial charge is 0.339 e. The Morgan fingerprint density at radius 1 is 1.38 bits per heavy atom. The van der Waals surface area contributed by atoms with Gasteiger partial charge in [-0.15, -0.1) is 0 Å². The standard InChI is InChI=1S/C12H21N3O/c1-2-3-8-11-14-12(16-15-11)9-6-4-5-7-10(9)13/h9-10H,2-8,13H2,1H3. The maximum absolute atomic E-state index is 6.09. The zero-order chi connectivity index (χ0) is 11.4. The number of nitrogens with zero attached hydrogens (tertiary/aromatic N) is 2. The summed E-state index contributed by atoms with van der Waals surface area (Å²) in [7, 11) is 0. The maximum Gasteiger partial charge on any atom is 0.231 e. The second kappa shape index (κ2) is 5.43. The lowest BCUT2D eigenvalue weighted by atomic mass is 9.85. The number of aromatic nitrogens is 2. The summed E-state index contributed by atoms with van der Waals surface area (Å²) < 4.78 is 5.33. The molecule has 2 rings (SSSR count). The Morgan fingerprint density at radius 2 is 2.19 bits per heavy atom. The minimum absolute atomic E-state index is 0.202. The molecule has 2 unspecified atom stereocenters. The number of aryl methyl sites for hydroxylation is 1. The Morgan fingerprint density at radius 3 is 2.94 bits per heavy atom. The Labute approximate surface area is 96.6 Å². The molecule has 1 aliphatic carbocycles. The predicted molar refractivity (Wildman–Crippen MR) is 62.1 cm³/mol. The van der Waals surface area contributed by atoms with Crippen LogP contribution in [0.1, 0.15) is 63.1 Å². The van der Waals surface area contributed by atoms with Gasteiger partial charge in [0.25, 0.3) is 0 Å². The molecule has 0 bridgehead atoms. The number of nitrogens with two attached hydrogens (primary N) is 1. The molecule has 1 aliphatic rings. The van der Waals surface area contributed by atoms with Crippen molar-refractivity contribution in [3.8, 4) is 0 Å². The van der Waals surface area contributed by atoms with Crippen LogP contribution >= 0.6 is 0 Å². The molecule has 1 aromatic heterocycles. The summed E-state index contributed by atoms with van der Waals surface area (Å²) in [5.74, 6) is 1.89. The summed E-state index contributed by atoms with van der Waals surface area (Å²) in [5.41, 5.74) is 6.09. The van der Waals surface area contributed by atoms with Crippen LogP contribution in [0.5, 0.6) is 0 Å². The molecule has 4 nitrogen and oxygen atoms in total. The van der Waals surface area contributed by atoms with Gasteiger partial charge < -0.3 is 10.3 Å². The van der Waals surface area contributed by atoms with E-state index in [2.05, 4.69) is 17.1 Å². The fourth-order valence-electron chi connectivity index (χ4n) is 2.32. The quantitative estimate of drug-likeness (QED) is 0.851. The highest BCUT2D eigenvalue weighted by atomic mass is 16.5. The molecule has 4 heteroatoms. The molecule has 0 spiro atoms. The molecule has 16 heavy (non-hydrogen) atoms. The lowest BCUT2D eigenvalue weighted by Gasteiger charge is -2.25. The van der Waals surface area contributed by atoms with E-state index in [0.29, 0.717) is 0 Å². The lowest BCUT2D eigenvalue weighted by Crippen LogP contribution is -2.31. The third kappa shape index (κ3) is 2.61. The number of hydrogen-bond acceptors (Lipinski definition) is 4. The number of hydrogen-bond donors (Lipinski definition) is 1. The van der Waals surface area contributed by atoms with Crippen molar-refractivity contribution < 1.29 is 4.52 Å². The summed E-state index contributed by atoms with van der Waals surface area (Å²) in [5, 5.41) is 4.02.